The zero-order chi connectivity index (χ0) is 18.0. The monoisotopic (exact) mass is 347 g/mol. The van der Waals surface area contributed by atoms with Crippen molar-refractivity contribution in [3.8, 4) is 5.69 Å². The smallest absolute Gasteiger partial charge is 0.191 e. The van der Waals surface area contributed by atoms with Gasteiger partial charge in [-0.2, -0.15) is 5.10 Å². The van der Waals surface area contributed by atoms with Gasteiger partial charge in [-0.1, -0.05) is 42.5 Å². The summed E-state index contributed by atoms with van der Waals surface area (Å²) >= 11 is 0. The molecular formula is C21H25N5. The number of nitrogens with one attached hydrogen (secondary N) is 2. The molecule has 5 heteroatoms. The number of rotatable bonds is 7. The van der Waals surface area contributed by atoms with E-state index < -0.39 is 0 Å². The predicted molar refractivity (Wildman–Crippen MR) is 107 cm³/mol. The molecule has 0 aliphatic rings. The van der Waals surface area contributed by atoms with E-state index in [2.05, 4.69) is 76.2 Å². The van der Waals surface area contributed by atoms with Crippen LogP contribution in [0, 0.1) is 0 Å². The first kappa shape index (κ1) is 17.7. The molecule has 3 aromatic rings. The van der Waals surface area contributed by atoms with Crippen LogP contribution in [-0.4, -0.2) is 28.8 Å². The van der Waals surface area contributed by atoms with Gasteiger partial charge in [-0.3, -0.25) is 0 Å². The molecule has 0 spiro atoms. The second-order valence-corrected chi connectivity index (χ2v) is 5.97. The molecule has 3 rings (SSSR count). The fourth-order valence-electron chi connectivity index (χ4n) is 2.66. The lowest BCUT2D eigenvalue weighted by Gasteiger charge is -2.11. The largest absolute Gasteiger partial charge is 0.357 e. The van der Waals surface area contributed by atoms with Crippen LogP contribution in [0.2, 0.25) is 0 Å². The van der Waals surface area contributed by atoms with Crippen LogP contribution >= 0.6 is 0 Å². The summed E-state index contributed by atoms with van der Waals surface area (Å²) in [6.07, 6.45) is 4.69. The number of guanidine groups is 1. The molecule has 2 N–H and O–H groups in total. The summed E-state index contributed by atoms with van der Waals surface area (Å²) in [6, 6.07) is 20.7. The third-order valence-corrected chi connectivity index (χ3v) is 4.02. The molecule has 0 saturated heterocycles. The molecule has 5 nitrogen and oxygen atoms in total. The van der Waals surface area contributed by atoms with Gasteiger partial charge in [0.1, 0.15) is 0 Å². The second kappa shape index (κ2) is 9.42. The van der Waals surface area contributed by atoms with Crippen LogP contribution < -0.4 is 10.6 Å². The number of hydrogen-bond donors (Lipinski definition) is 2. The molecule has 0 radical (unpaired) electrons. The molecule has 1 heterocycles. The summed E-state index contributed by atoms with van der Waals surface area (Å²) in [7, 11) is 0. The summed E-state index contributed by atoms with van der Waals surface area (Å²) in [5.74, 6) is 0.847. The lowest BCUT2D eigenvalue weighted by atomic mass is 10.1. The highest BCUT2D eigenvalue weighted by Crippen LogP contribution is 2.09. The van der Waals surface area contributed by atoms with Gasteiger partial charge in [-0.25, -0.2) is 9.67 Å². The van der Waals surface area contributed by atoms with Gasteiger partial charge < -0.3 is 10.6 Å². The zero-order valence-electron chi connectivity index (χ0n) is 15.1. The molecule has 0 saturated carbocycles. The Bertz CT molecular complexity index is 792. The third-order valence-electron chi connectivity index (χ3n) is 4.02. The maximum absolute atomic E-state index is 4.68. The second-order valence-electron chi connectivity index (χ2n) is 5.97. The lowest BCUT2D eigenvalue weighted by Crippen LogP contribution is -2.38. The van der Waals surface area contributed by atoms with Crippen molar-refractivity contribution >= 4 is 5.96 Å². The molecule has 0 unspecified atom stereocenters. The fraction of sp³-hybridized carbons (Fsp3) is 0.238. The maximum Gasteiger partial charge on any atom is 0.191 e. The SMILES string of the molecule is CCNC(=NCc1ccc(-n2cccn2)cc1)NCCc1ccccc1. The van der Waals surface area contributed by atoms with E-state index in [1.807, 2.05) is 23.0 Å². The number of benzene rings is 2. The van der Waals surface area contributed by atoms with Gasteiger partial charge in [-0.15, -0.1) is 0 Å². The topological polar surface area (TPSA) is 54.2 Å². The molecule has 134 valence electrons. The highest BCUT2D eigenvalue weighted by molar-refractivity contribution is 5.79. The van der Waals surface area contributed by atoms with Gasteiger partial charge in [0.05, 0.1) is 12.2 Å². The molecule has 2 aromatic carbocycles. The first-order chi connectivity index (χ1) is 12.8. The Morgan fingerprint density at radius 2 is 1.77 bits per heavy atom. The quantitative estimate of drug-likeness (QED) is 0.510. The summed E-state index contributed by atoms with van der Waals surface area (Å²) in [4.78, 5) is 4.68. The Kier molecular flexibility index (Phi) is 6.42. The van der Waals surface area contributed by atoms with Crippen molar-refractivity contribution in [3.05, 3.63) is 84.2 Å². The van der Waals surface area contributed by atoms with E-state index in [1.54, 1.807) is 6.20 Å². The van der Waals surface area contributed by atoms with E-state index in [-0.39, 0.29) is 0 Å². The van der Waals surface area contributed by atoms with E-state index >= 15 is 0 Å². The van der Waals surface area contributed by atoms with Gasteiger partial charge >= 0.3 is 0 Å². The van der Waals surface area contributed by atoms with Crippen LogP contribution in [0.3, 0.4) is 0 Å². The Hall–Kier alpha value is -3.08. The van der Waals surface area contributed by atoms with Crippen molar-refractivity contribution in [1.29, 1.82) is 0 Å². The Balaban J connectivity index is 1.54. The summed E-state index contributed by atoms with van der Waals surface area (Å²) in [6.45, 7) is 4.41. The minimum absolute atomic E-state index is 0.639. The molecule has 0 aliphatic carbocycles. The third kappa shape index (κ3) is 5.21. The van der Waals surface area contributed by atoms with Crippen molar-refractivity contribution in [2.45, 2.75) is 19.9 Å². The van der Waals surface area contributed by atoms with Gasteiger partial charge in [0, 0.05) is 25.5 Å². The average molecular weight is 347 g/mol. The normalized spacial score (nSPS) is 11.3. The minimum Gasteiger partial charge on any atom is -0.357 e. The molecular weight excluding hydrogens is 322 g/mol. The minimum atomic E-state index is 0.639. The highest BCUT2D eigenvalue weighted by Gasteiger charge is 2.00. The van der Waals surface area contributed by atoms with E-state index in [4.69, 9.17) is 0 Å². The van der Waals surface area contributed by atoms with Gasteiger partial charge in [0.25, 0.3) is 0 Å². The van der Waals surface area contributed by atoms with E-state index in [9.17, 15) is 0 Å². The van der Waals surface area contributed by atoms with E-state index in [0.29, 0.717) is 6.54 Å². The Morgan fingerprint density at radius 3 is 2.46 bits per heavy atom. The molecule has 26 heavy (non-hydrogen) atoms. The molecule has 0 atom stereocenters. The van der Waals surface area contributed by atoms with Crippen molar-refractivity contribution in [2.24, 2.45) is 4.99 Å². The van der Waals surface area contributed by atoms with Crippen molar-refractivity contribution in [2.75, 3.05) is 13.1 Å². The van der Waals surface area contributed by atoms with Crippen molar-refractivity contribution in [1.82, 2.24) is 20.4 Å². The predicted octanol–water partition coefficient (Wildman–Crippen LogP) is 3.17. The molecule has 0 amide bonds. The summed E-state index contributed by atoms with van der Waals surface area (Å²) in [5.41, 5.74) is 3.54. The van der Waals surface area contributed by atoms with Crippen LogP contribution in [0.5, 0.6) is 0 Å². The first-order valence-electron chi connectivity index (χ1n) is 9.00. The maximum atomic E-state index is 4.68. The number of hydrogen-bond acceptors (Lipinski definition) is 2. The standard InChI is InChI=1S/C21H25N5/c1-2-22-21(23-15-13-18-7-4-3-5-8-18)24-17-19-9-11-20(12-10-19)26-16-6-14-25-26/h3-12,14,16H,2,13,15,17H2,1H3,(H2,22,23,24). The van der Waals surface area contributed by atoms with Crippen LogP contribution in [-0.2, 0) is 13.0 Å². The van der Waals surface area contributed by atoms with Gasteiger partial charge in [0.2, 0.25) is 0 Å². The van der Waals surface area contributed by atoms with Gasteiger partial charge in [0.15, 0.2) is 5.96 Å². The fourth-order valence-corrected chi connectivity index (χ4v) is 2.66. The van der Waals surface area contributed by atoms with Crippen LogP contribution in [0.15, 0.2) is 78.0 Å². The first-order valence-corrected chi connectivity index (χ1v) is 9.00. The summed E-state index contributed by atoms with van der Waals surface area (Å²) in [5, 5.41) is 10.9. The number of aliphatic imine (C=N–C) groups is 1. The van der Waals surface area contributed by atoms with Crippen LogP contribution in [0.4, 0.5) is 0 Å². The Labute approximate surface area is 154 Å². The number of aromatic nitrogens is 2. The highest BCUT2D eigenvalue weighted by atomic mass is 15.3. The lowest BCUT2D eigenvalue weighted by molar-refractivity contribution is 0.799. The Morgan fingerprint density at radius 1 is 0.962 bits per heavy atom. The van der Waals surface area contributed by atoms with E-state index in [0.717, 1.165) is 31.2 Å². The number of nitrogens with zero attached hydrogens (tertiary/aromatic N) is 3. The summed E-state index contributed by atoms with van der Waals surface area (Å²) < 4.78 is 1.85. The van der Waals surface area contributed by atoms with E-state index in [1.165, 1.54) is 11.1 Å². The van der Waals surface area contributed by atoms with Crippen LogP contribution in [0.1, 0.15) is 18.1 Å². The van der Waals surface area contributed by atoms with Crippen LogP contribution in [0.25, 0.3) is 5.69 Å². The van der Waals surface area contributed by atoms with Crippen molar-refractivity contribution in [3.63, 3.8) is 0 Å². The molecule has 0 aliphatic heterocycles. The molecule has 1 aromatic heterocycles. The molecule has 0 fully saturated rings. The van der Waals surface area contributed by atoms with Gasteiger partial charge in [-0.05, 0) is 42.7 Å². The zero-order valence-corrected chi connectivity index (χ0v) is 15.1. The van der Waals surface area contributed by atoms with Crippen molar-refractivity contribution < 1.29 is 0 Å². The molecule has 0 bridgehead atoms. The average Bonchev–Trinajstić information content (AvgIpc) is 3.22.